The van der Waals surface area contributed by atoms with Crippen molar-refractivity contribution in [2.45, 2.75) is 0 Å². The SMILES string of the molecule is NC(=O)CNCP(=O)(O)O. The molecule has 0 rings (SSSR count). The Labute approximate surface area is 57.6 Å². The Balaban J connectivity index is 3.39. The number of carbonyl (C=O) groups is 1. The van der Waals surface area contributed by atoms with Gasteiger partial charge in [-0.3, -0.25) is 14.7 Å². The van der Waals surface area contributed by atoms with Crippen LogP contribution >= 0.6 is 7.60 Å². The van der Waals surface area contributed by atoms with Crippen LogP contribution in [0.25, 0.3) is 0 Å². The van der Waals surface area contributed by atoms with Crippen molar-refractivity contribution in [3.05, 3.63) is 0 Å². The summed E-state index contributed by atoms with van der Waals surface area (Å²) in [4.78, 5) is 26.4. The first-order valence-electron chi connectivity index (χ1n) is 2.45. The lowest BCUT2D eigenvalue weighted by Gasteiger charge is -2.02. The number of hydrogen-bond acceptors (Lipinski definition) is 3. The molecule has 0 aliphatic rings. The van der Waals surface area contributed by atoms with Crippen molar-refractivity contribution in [3.8, 4) is 0 Å². The number of rotatable bonds is 4. The minimum absolute atomic E-state index is 0.217. The molecule has 6 nitrogen and oxygen atoms in total. The van der Waals surface area contributed by atoms with E-state index in [-0.39, 0.29) is 6.54 Å². The molecular weight excluding hydrogens is 159 g/mol. The van der Waals surface area contributed by atoms with Gasteiger partial charge in [-0.15, -0.1) is 0 Å². The Morgan fingerprint density at radius 2 is 2.10 bits per heavy atom. The minimum Gasteiger partial charge on any atom is -0.369 e. The number of amides is 1. The largest absolute Gasteiger partial charge is 0.369 e. The highest BCUT2D eigenvalue weighted by atomic mass is 31.2. The van der Waals surface area contributed by atoms with E-state index in [0.29, 0.717) is 0 Å². The zero-order valence-corrected chi connectivity index (χ0v) is 6.04. The van der Waals surface area contributed by atoms with Crippen molar-refractivity contribution in [2.75, 3.05) is 12.8 Å². The number of primary amides is 1. The minimum atomic E-state index is -4.04. The smallest absolute Gasteiger partial charge is 0.339 e. The van der Waals surface area contributed by atoms with E-state index in [4.69, 9.17) is 9.79 Å². The lowest BCUT2D eigenvalue weighted by molar-refractivity contribution is -0.117. The van der Waals surface area contributed by atoms with Crippen LogP contribution in [0.3, 0.4) is 0 Å². The maximum absolute atomic E-state index is 10.1. The molecule has 0 heterocycles. The van der Waals surface area contributed by atoms with Gasteiger partial charge in [0.1, 0.15) is 0 Å². The van der Waals surface area contributed by atoms with Gasteiger partial charge in [0.25, 0.3) is 0 Å². The van der Waals surface area contributed by atoms with E-state index in [1.165, 1.54) is 0 Å². The third kappa shape index (κ3) is 7.58. The summed E-state index contributed by atoms with van der Waals surface area (Å²) in [5.74, 6) is -0.645. The van der Waals surface area contributed by atoms with Crippen LogP contribution < -0.4 is 11.1 Å². The second kappa shape index (κ2) is 3.68. The van der Waals surface area contributed by atoms with E-state index >= 15 is 0 Å². The third-order valence-corrected chi connectivity index (χ3v) is 1.25. The van der Waals surface area contributed by atoms with Crippen molar-refractivity contribution in [3.63, 3.8) is 0 Å². The van der Waals surface area contributed by atoms with Crippen LogP contribution in [0.2, 0.25) is 0 Å². The van der Waals surface area contributed by atoms with E-state index in [1.807, 2.05) is 0 Å². The standard InChI is InChI=1S/C3H9N2O4P/c4-3(6)1-5-2-10(7,8)9/h5H,1-2H2,(H2,4,6)(H2,7,8,9). The Morgan fingerprint density at radius 1 is 1.60 bits per heavy atom. The highest BCUT2D eigenvalue weighted by Gasteiger charge is 2.11. The first kappa shape index (κ1) is 9.58. The number of nitrogens with two attached hydrogens (primary N) is 1. The Bertz CT molecular complexity index is 164. The molecular formula is C3H9N2O4P. The Hall–Kier alpha value is -0.420. The molecule has 1 amide bonds. The molecule has 0 aromatic heterocycles. The normalized spacial score (nSPS) is 11.4. The fourth-order valence-corrected chi connectivity index (χ4v) is 0.728. The summed E-state index contributed by atoms with van der Waals surface area (Å²) in [6.45, 7) is -0.217. The van der Waals surface area contributed by atoms with Gasteiger partial charge in [-0.1, -0.05) is 0 Å². The van der Waals surface area contributed by atoms with Gasteiger partial charge in [0.05, 0.1) is 12.8 Å². The van der Waals surface area contributed by atoms with Gasteiger partial charge in [0.2, 0.25) is 5.91 Å². The molecule has 10 heavy (non-hydrogen) atoms. The molecule has 0 fully saturated rings. The summed E-state index contributed by atoms with van der Waals surface area (Å²) < 4.78 is 10.1. The van der Waals surface area contributed by atoms with E-state index in [2.05, 4.69) is 11.1 Å². The summed E-state index contributed by atoms with van der Waals surface area (Å²) in [5, 5.41) is 2.19. The summed E-state index contributed by atoms with van der Waals surface area (Å²) >= 11 is 0. The molecule has 0 bridgehead atoms. The number of carbonyl (C=O) groups excluding carboxylic acids is 1. The molecule has 0 unspecified atom stereocenters. The molecule has 0 aliphatic carbocycles. The maximum atomic E-state index is 10.1. The molecule has 60 valence electrons. The second-order valence-corrected chi connectivity index (χ2v) is 3.36. The van der Waals surface area contributed by atoms with E-state index in [1.54, 1.807) is 0 Å². The highest BCUT2D eigenvalue weighted by Crippen LogP contribution is 2.31. The summed E-state index contributed by atoms with van der Waals surface area (Å²) in [6.07, 6.45) is -0.518. The van der Waals surface area contributed by atoms with Crippen molar-refractivity contribution >= 4 is 13.5 Å². The van der Waals surface area contributed by atoms with E-state index in [9.17, 15) is 9.36 Å². The topological polar surface area (TPSA) is 113 Å². The van der Waals surface area contributed by atoms with Crippen molar-refractivity contribution in [1.29, 1.82) is 0 Å². The Morgan fingerprint density at radius 3 is 2.40 bits per heavy atom. The lowest BCUT2D eigenvalue weighted by Crippen LogP contribution is -2.29. The first-order valence-corrected chi connectivity index (χ1v) is 4.25. The zero-order chi connectivity index (χ0) is 8.20. The fraction of sp³-hybridized carbons (Fsp3) is 0.667. The number of nitrogens with one attached hydrogen (secondary N) is 1. The molecule has 0 saturated heterocycles. The van der Waals surface area contributed by atoms with E-state index < -0.39 is 19.8 Å². The van der Waals surface area contributed by atoms with E-state index in [0.717, 1.165) is 0 Å². The Kier molecular flexibility index (Phi) is 3.52. The van der Waals surface area contributed by atoms with Crippen molar-refractivity contribution in [1.82, 2.24) is 5.32 Å². The van der Waals surface area contributed by atoms with Crippen LogP contribution in [0.5, 0.6) is 0 Å². The molecule has 0 saturated carbocycles. The summed E-state index contributed by atoms with van der Waals surface area (Å²) in [5.41, 5.74) is 4.67. The molecule has 0 radical (unpaired) electrons. The van der Waals surface area contributed by atoms with Crippen LogP contribution in [-0.2, 0) is 9.36 Å². The van der Waals surface area contributed by atoms with Crippen molar-refractivity contribution in [2.24, 2.45) is 5.73 Å². The van der Waals surface area contributed by atoms with Crippen LogP contribution in [-0.4, -0.2) is 28.5 Å². The van der Waals surface area contributed by atoms with Crippen molar-refractivity contribution < 1.29 is 19.1 Å². The fourth-order valence-electron chi connectivity index (χ4n) is 0.325. The van der Waals surface area contributed by atoms with Gasteiger partial charge in [-0.2, -0.15) is 0 Å². The molecule has 0 spiro atoms. The van der Waals surface area contributed by atoms with Gasteiger partial charge in [-0.05, 0) is 0 Å². The van der Waals surface area contributed by atoms with Gasteiger partial charge in [0.15, 0.2) is 0 Å². The second-order valence-electron chi connectivity index (χ2n) is 1.72. The molecule has 5 N–H and O–H groups in total. The number of hydrogen-bond donors (Lipinski definition) is 4. The maximum Gasteiger partial charge on any atom is 0.339 e. The van der Waals surface area contributed by atoms with Gasteiger partial charge < -0.3 is 15.5 Å². The van der Waals surface area contributed by atoms with Gasteiger partial charge in [-0.25, -0.2) is 0 Å². The summed E-state index contributed by atoms with van der Waals surface area (Å²) in [7, 11) is -4.04. The van der Waals surface area contributed by atoms with Crippen LogP contribution in [0, 0.1) is 0 Å². The average Bonchev–Trinajstić information content (AvgIpc) is 1.59. The molecule has 0 atom stereocenters. The molecule has 7 heteroatoms. The lowest BCUT2D eigenvalue weighted by atomic mass is 10.6. The average molecular weight is 168 g/mol. The molecule has 0 aromatic rings. The molecule has 0 aromatic carbocycles. The van der Waals surface area contributed by atoms with Crippen LogP contribution in [0.1, 0.15) is 0 Å². The zero-order valence-electron chi connectivity index (χ0n) is 5.15. The highest BCUT2D eigenvalue weighted by molar-refractivity contribution is 7.51. The van der Waals surface area contributed by atoms with Gasteiger partial charge >= 0.3 is 7.60 Å². The first-order chi connectivity index (χ1) is 4.42. The van der Waals surface area contributed by atoms with Gasteiger partial charge in [0, 0.05) is 0 Å². The molecule has 0 aliphatic heterocycles. The van der Waals surface area contributed by atoms with Crippen LogP contribution in [0.15, 0.2) is 0 Å². The third-order valence-electron chi connectivity index (χ3n) is 0.617. The predicted molar refractivity (Wildman–Crippen MR) is 34.1 cm³/mol. The summed E-state index contributed by atoms with van der Waals surface area (Å²) in [6, 6.07) is 0. The van der Waals surface area contributed by atoms with Crippen LogP contribution in [0.4, 0.5) is 0 Å². The quantitative estimate of drug-likeness (QED) is 0.370. The monoisotopic (exact) mass is 168 g/mol. The predicted octanol–water partition coefficient (Wildman–Crippen LogP) is -1.80.